The normalized spacial score (nSPS) is 19.4. The second-order valence-corrected chi connectivity index (χ2v) is 6.60. The van der Waals surface area contributed by atoms with E-state index >= 15 is 0 Å². The topological polar surface area (TPSA) is 12.0 Å². The van der Waals surface area contributed by atoms with E-state index in [1.165, 1.54) is 44.1 Å². The zero-order valence-electron chi connectivity index (χ0n) is 12.8. The molecule has 2 rings (SSSR count). The molecule has 0 amide bonds. The van der Waals surface area contributed by atoms with Crippen molar-refractivity contribution in [2.24, 2.45) is 0 Å². The Hall–Kier alpha value is -0.820. The molecule has 1 aromatic carbocycles. The van der Waals surface area contributed by atoms with Gasteiger partial charge in [0.1, 0.15) is 0 Å². The summed E-state index contributed by atoms with van der Waals surface area (Å²) in [6.45, 7) is 7.81. The highest BCUT2D eigenvalue weighted by Gasteiger charge is 2.32. The van der Waals surface area contributed by atoms with E-state index in [9.17, 15) is 0 Å². The van der Waals surface area contributed by atoms with Crippen LogP contribution in [0.1, 0.15) is 63.5 Å². The summed E-state index contributed by atoms with van der Waals surface area (Å²) in [5, 5.41) is 3.70. The maximum absolute atomic E-state index is 3.70. The van der Waals surface area contributed by atoms with Crippen LogP contribution in [0.15, 0.2) is 24.3 Å². The third kappa shape index (κ3) is 3.82. The van der Waals surface area contributed by atoms with Crippen molar-refractivity contribution in [1.29, 1.82) is 0 Å². The molecule has 19 heavy (non-hydrogen) atoms. The average molecular weight is 259 g/mol. The van der Waals surface area contributed by atoms with Crippen LogP contribution in [0.4, 0.5) is 0 Å². The van der Waals surface area contributed by atoms with Gasteiger partial charge in [-0.1, -0.05) is 69.4 Å². The van der Waals surface area contributed by atoms with Gasteiger partial charge in [0.15, 0.2) is 0 Å². The third-order valence-electron chi connectivity index (χ3n) is 4.57. The number of hydrogen-bond acceptors (Lipinski definition) is 1. The van der Waals surface area contributed by atoms with Crippen LogP contribution in [-0.4, -0.2) is 12.6 Å². The maximum atomic E-state index is 3.70. The van der Waals surface area contributed by atoms with Crippen molar-refractivity contribution in [3.05, 3.63) is 35.4 Å². The Morgan fingerprint density at radius 2 is 1.58 bits per heavy atom. The molecule has 0 unspecified atom stereocenters. The van der Waals surface area contributed by atoms with Gasteiger partial charge < -0.3 is 5.32 Å². The van der Waals surface area contributed by atoms with Gasteiger partial charge in [0.05, 0.1) is 0 Å². The third-order valence-corrected chi connectivity index (χ3v) is 4.57. The summed E-state index contributed by atoms with van der Waals surface area (Å²) >= 11 is 0. The van der Waals surface area contributed by atoms with Crippen LogP contribution in [0.2, 0.25) is 0 Å². The van der Waals surface area contributed by atoms with Gasteiger partial charge in [-0.05, 0) is 25.3 Å². The number of hydrogen-bond donors (Lipinski definition) is 1. The minimum Gasteiger partial charge on any atom is -0.314 e. The van der Waals surface area contributed by atoms with Crippen LogP contribution >= 0.6 is 0 Å². The second kappa shape index (κ2) is 6.56. The van der Waals surface area contributed by atoms with Crippen molar-refractivity contribution in [3.8, 4) is 0 Å². The van der Waals surface area contributed by atoms with E-state index in [-0.39, 0.29) is 0 Å². The van der Waals surface area contributed by atoms with E-state index in [0.717, 1.165) is 6.54 Å². The summed E-state index contributed by atoms with van der Waals surface area (Å²) in [4.78, 5) is 0. The molecule has 0 radical (unpaired) electrons. The van der Waals surface area contributed by atoms with Crippen LogP contribution < -0.4 is 5.32 Å². The molecule has 0 saturated heterocycles. The van der Waals surface area contributed by atoms with Crippen molar-refractivity contribution >= 4 is 0 Å². The summed E-state index contributed by atoms with van der Waals surface area (Å²) in [7, 11) is 0. The molecule has 1 aliphatic rings. The number of benzene rings is 1. The van der Waals surface area contributed by atoms with Gasteiger partial charge in [0, 0.05) is 18.0 Å². The fourth-order valence-corrected chi connectivity index (χ4v) is 3.28. The Kier molecular flexibility index (Phi) is 5.04. The largest absolute Gasteiger partial charge is 0.314 e. The molecular formula is C18H29N. The number of nitrogens with one attached hydrogen (secondary N) is 1. The lowest BCUT2D eigenvalue weighted by Crippen LogP contribution is -2.40. The molecule has 1 heteroatoms. The highest BCUT2D eigenvalue weighted by Crippen LogP contribution is 2.38. The van der Waals surface area contributed by atoms with E-state index in [0.29, 0.717) is 11.5 Å². The van der Waals surface area contributed by atoms with E-state index in [4.69, 9.17) is 0 Å². The Morgan fingerprint density at radius 3 is 2.11 bits per heavy atom. The predicted molar refractivity (Wildman–Crippen MR) is 83.7 cm³/mol. The Morgan fingerprint density at radius 1 is 1.00 bits per heavy atom. The fourth-order valence-electron chi connectivity index (χ4n) is 3.28. The highest BCUT2D eigenvalue weighted by molar-refractivity contribution is 5.29. The zero-order chi connectivity index (χ0) is 13.7. The highest BCUT2D eigenvalue weighted by atomic mass is 14.9. The molecule has 1 nitrogen and oxygen atoms in total. The Bertz CT molecular complexity index is 369. The van der Waals surface area contributed by atoms with E-state index in [1.54, 1.807) is 5.56 Å². The van der Waals surface area contributed by atoms with Crippen LogP contribution in [-0.2, 0) is 5.41 Å². The van der Waals surface area contributed by atoms with Crippen LogP contribution in [0.5, 0.6) is 0 Å². The van der Waals surface area contributed by atoms with E-state index in [1.807, 2.05) is 0 Å². The first-order chi connectivity index (χ1) is 9.12. The maximum Gasteiger partial charge on any atom is 0.00778 e. The van der Waals surface area contributed by atoms with Gasteiger partial charge in [-0.2, -0.15) is 0 Å². The van der Waals surface area contributed by atoms with Gasteiger partial charge in [-0.15, -0.1) is 0 Å². The SMILES string of the molecule is Cc1ccc(C2(CNC(C)C)CCCCCC2)cc1. The van der Waals surface area contributed by atoms with E-state index in [2.05, 4.69) is 50.4 Å². The predicted octanol–water partition coefficient (Wildman–Crippen LogP) is 4.59. The molecule has 106 valence electrons. The van der Waals surface area contributed by atoms with Gasteiger partial charge in [0.25, 0.3) is 0 Å². The molecule has 0 aromatic heterocycles. The van der Waals surface area contributed by atoms with Crippen LogP contribution in [0.3, 0.4) is 0 Å². The summed E-state index contributed by atoms with van der Waals surface area (Å²) in [5.41, 5.74) is 3.28. The first-order valence-corrected chi connectivity index (χ1v) is 7.93. The molecular weight excluding hydrogens is 230 g/mol. The monoisotopic (exact) mass is 259 g/mol. The molecule has 1 N–H and O–H groups in total. The first kappa shape index (κ1) is 14.6. The summed E-state index contributed by atoms with van der Waals surface area (Å²) in [6.07, 6.45) is 8.28. The minimum atomic E-state index is 0.370. The van der Waals surface area contributed by atoms with Crippen molar-refractivity contribution in [2.75, 3.05) is 6.54 Å². The van der Waals surface area contributed by atoms with Gasteiger partial charge in [0.2, 0.25) is 0 Å². The van der Waals surface area contributed by atoms with Crippen molar-refractivity contribution < 1.29 is 0 Å². The van der Waals surface area contributed by atoms with Crippen molar-refractivity contribution in [1.82, 2.24) is 5.32 Å². The Balaban J connectivity index is 2.23. The molecule has 0 aliphatic heterocycles. The fraction of sp³-hybridized carbons (Fsp3) is 0.667. The lowest BCUT2D eigenvalue weighted by atomic mass is 9.74. The van der Waals surface area contributed by atoms with E-state index < -0.39 is 0 Å². The zero-order valence-corrected chi connectivity index (χ0v) is 12.8. The summed E-state index contributed by atoms with van der Waals surface area (Å²) in [5.74, 6) is 0. The minimum absolute atomic E-state index is 0.370. The molecule has 0 bridgehead atoms. The van der Waals surface area contributed by atoms with Crippen LogP contribution in [0.25, 0.3) is 0 Å². The molecule has 0 atom stereocenters. The lowest BCUT2D eigenvalue weighted by molar-refractivity contribution is 0.336. The molecule has 1 saturated carbocycles. The van der Waals surface area contributed by atoms with Gasteiger partial charge in [-0.25, -0.2) is 0 Å². The standard InChI is InChI=1S/C18H29N/c1-15(2)19-14-18(12-6-4-5-7-13-18)17-10-8-16(3)9-11-17/h8-11,15,19H,4-7,12-14H2,1-3H3. The Labute approximate surface area is 118 Å². The molecule has 0 spiro atoms. The number of rotatable bonds is 4. The summed E-state index contributed by atoms with van der Waals surface area (Å²) in [6, 6.07) is 9.85. The van der Waals surface area contributed by atoms with Crippen molar-refractivity contribution in [3.63, 3.8) is 0 Å². The smallest absolute Gasteiger partial charge is 0.00778 e. The van der Waals surface area contributed by atoms with Crippen molar-refractivity contribution in [2.45, 2.75) is 70.8 Å². The first-order valence-electron chi connectivity index (χ1n) is 7.93. The second-order valence-electron chi connectivity index (χ2n) is 6.60. The molecule has 0 heterocycles. The summed E-state index contributed by atoms with van der Waals surface area (Å²) < 4.78 is 0. The number of aryl methyl sites for hydroxylation is 1. The van der Waals surface area contributed by atoms with Gasteiger partial charge >= 0.3 is 0 Å². The molecule has 1 aliphatic carbocycles. The van der Waals surface area contributed by atoms with Crippen LogP contribution in [0, 0.1) is 6.92 Å². The molecule has 1 fully saturated rings. The quantitative estimate of drug-likeness (QED) is 0.780. The van der Waals surface area contributed by atoms with Gasteiger partial charge in [-0.3, -0.25) is 0 Å². The average Bonchev–Trinajstić information content (AvgIpc) is 2.64. The molecule has 1 aromatic rings. The lowest BCUT2D eigenvalue weighted by Gasteiger charge is -2.35.